The molecule has 106 valence electrons. The number of nitro benzene ring substituents is 1. The number of aliphatic hydroxyl groups is 2. The van der Waals surface area contributed by atoms with Crippen LogP contribution in [-0.4, -0.2) is 41.0 Å². The number of para-hydroxylation sites is 1. The van der Waals surface area contributed by atoms with Crippen molar-refractivity contribution in [2.45, 2.75) is 19.4 Å². The first-order chi connectivity index (χ1) is 9.13. The second-order valence-electron chi connectivity index (χ2n) is 3.96. The van der Waals surface area contributed by atoms with Crippen molar-refractivity contribution in [1.82, 2.24) is 0 Å². The molecule has 0 fully saturated rings. The molecule has 0 aliphatic heterocycles. The summed E-state index contributed by atoms with van der Waals surface area (Å²) in [6, 6.07) is 3.99. The molecule has 0 amide bonds. The average molecular weight is 270 g/mol. The second kappa shape index (κ2) is 7.55. The molecule has 1 rings (SSSR count). The molecule has 0 saturated heterocycles. The van der Waals surface area contributed by atoms with E-state index in [0.717, 1.165) is 6.42 Å². The lowest BCUT2D eigenvalue weighted by molar-refractivity contribution is -0.385. The first-order valence-corrected chi connectivity index (χ1v) is 6.02. The van der Waals surface area contributed by atoms with Crippen LogP contribution in [0.4, 0.5) is 11.4 Å². The highest BCUT2D eigenvalue weighted by Gasteiger charge is 2.22. The van der Waals surface area contributed by atoms with E-state index >= 15 is 0 Å². The topological polar surface area (TPSA) is 105 Å². The van der Waals surface area contributed by atoms with E-state index in [4.69, 9.17) is 14.9 Å². The lowest BCUT2D eigenvalue weighted by atomic mass is 10.2. The summed E-state index contributed by atoms with van der Waals surface area (Å²) >= 11 is 0. The molecule has 0 radical (unpaired) electrons. The predicted octanol–water partition coefficient (Wildman–Crippen LogP) is 1.15. The van der Waals surface area contributed by atoms with Gasteiger partial charge in [0.05, 0.1) is 30.8 Å². The smallest absolute Gasteiger partial charge is 0.333 e. The van der Waals surface area contributed by atoms with Gasteiger partial charge in [-0.2, -0.15) is 0 Å². The minimum absolute atomic E-state index is 0.173. The molecule has 1 aromatic carbocycles. The van der Waals surface area contributed by atoms with E-state index in [-0.39, 0.29) is 30.3 Å². The van der Waals surface area contributed by atoms with Gasteiger partial charge in [0.1, 0.15) is 5.69 Å². The molecule has 0 aliphatic rings. The third-order valence-electron chi connectivity index (χ3n) is 2.44. The molecule has 0 unspecified atom stereocenters. The van der Waals surface area contributed by atoms with Crippen LogP contribution in [0.5, 0.6) is 5.75 Å². The Labute approximate surface area is 111 Å². The van der Waals surface area contributed by atoms with Gasteiger partial charge in [0.2, 0.25) is 0 Å². The van der Waals surface area contributed by atoms with Crippen LogP contribution in [0.15, 0.2) is 18.2 Å². The Bertz CT molecular complexity index is 421. The van der Waals surface area contributed by atoms with Crippen LogP contribution in [-0.2, 0) is 0 Å². The molecule has 7 nitrogen and oxygen atoms in total. The van der Waals surface area contributed by atoms with Gasteiger partial charge in [-0.3, -0.25) is 10.1 Å². The number of rotatable bonds is 8. The number of hydrogen-bond acceptors (Lipinski definition) is 6. The van der Waals surface area contributed by atoms with Crippen molar-refractivity contribution in [2.24, 2.45) is 0 Å². The quantitative estimate of drug-likeness (QED) is 0.483. The van der Waals surface area contributed by atoms with Gasteiger partial charge >= 0.3 is 5.69 Å². The molecule has 0 bridgehead atoms. The van der Waals surface area contributed by atoms with Crippen LogP contribution in [0.1, 0.15) is 13.3 Å². The highest BCUT2D eigenvalue weighted by Crippen LogP contribution is 2.35. The summed E-state index contributed by atoms with van der Waals surface area (Å²) in [5.41, 5.74) is 0.0227. The minimum Gasteiger partial charge on any atom is -0.487 e. The standard InChI is InChI=1S/C12H18N2O5/c1-2-6-19-11-5-3-4-10(12(11)14(17)18)13-9(7-15)8-16/h3-5,9,13,15-16H,2,6-8H2,1H3. The Kier molecular flexibility index (Phi) is 6.04. The van der Waals surface area contributed by atoms with Crippen LogP contribution in [0.25, 0.3) is 0 Å². The normalized spacial score (nSPS) is 10.5. The predicted molar refractivity (Wildman–Crippen MR) is 70.5 cm³/mol. The van der Waals surface area contributed by atoms with Crippen LogP contribution in [0.2, 0.25) is 0 Å². The van der Waals surface area contributed by atoms with Crippen LogP contribution < -0.4 is 10.1 Å². The van der Waals surface area contributed by atoms with Gasteiger partial charge in [0, 0.05) is 0 Å². The van der Waals surface area contributed by atoms with E-state index < -0.39 is 11.0 Å². The lowest BCUT2D eigenvalue weighted by Crippen LogP contribution is -2.28. The maximum Gasteiger partial charge on any atom is 0.333 e. The minimum atomic E-state index is -0.653. The maximum atomic E-state index is 11.1. The Morgan fingerprint density at radius 1 is 1.42 bits per heavy atom. The van der Waals surface area contributed by atoms with Crippen molar-refractivity contribution in [2.75, 3.05) is 25.1 Å². The number of nitrogens with zero attached hydrogens (tertiary/aromatic N) is 1. The monoisotopic (exact) mass is 270 g/mol. The summed E-state index contributed by atoms with van der Waals surface area (Å²) in [4.78, 5) is 10.6. The molecule has 3 N–H and O–H groups in total. The van der Waals surface area contributed by atoms with Crippen molar-refractivity contribution in [3.05, 3.63) is 28.3 Å². The van der Waals surface area contributed by atoms with E-state index in [1.807, 2.05) is 6.92 Å². The summed E-state index contributed by atoms with van der Waals surface area (Å²) in [5, 5.41) is 31.9. The highest BCUT2D eigenvalue weighted by atomic mass is 16.6. The number of anilines is 1. The van der Waals surface area contributed by atoms with Gasteiger partial charge < -0.3 is 20.3 Å². The third-order valence-corrected chi connectivity index (χ3v) is 2.44. The van der Waals surface area contributed by atoms with Gasteiger partial charge in [-0.25, -0.2) is 0 Å². The van der Waals surface area contributed by atoms with E-state index in [1.54, 1.807) is 6.07 Å². The zero-order valence-electron chi connectivity index (χ0n) is 10.7. The Hall–Kier alpha value is -1.86. The van der Waals surface area contributed by atoms with Crippen molar-refractivity contribution < 1.29 is 19.9 Å². The van der Waals surface area contributed by atoms with Crippen molar-refractivity contribution in [3.8, 4) is 5.75 Å². The molecule has 0 saturated carbocycles. The summed E-state index contributed by atoms with van der Waals surface area (Å²) in [6.45, 7) is 1.64. The Morgan fingerprint density at radius 2 is 2.11 bits per heavy atom. The molecule has 7 heteroatoms. The van der Waals surface area contributed by atoms with Gasteiger partial charge in [-0.15, -0.1) is 0 Å². The van der Waals surface area contributed by atoms with Gasteiger partial charge in [0.15, 0.2) is 5.75 Å². The second-order valence-corrected chi connectivity index (χ2v) is 3.96. The molecule has 0 atom stereocenters. The molecule has 1 aromatic rings. The van der Waals surface area contributed by atoms with Crippen molar-refractivity contribution >= 4 is 11.4 Å². The molecular weight excluding hydrogens is 252 g/mol. The fourth-order valence-corrected chi connectivity index (χ4v) is 1.52. The van der Waals surface area contributed by atoms with E-state index in [9.17, 15) is 10.1 Å². The van der Waals surface area contributed by atoms with E-state index in [2.05, 4.69) is 5.32 Å². The first kappa shape index (κ1) is 15.2. The average Bonchev–Trinajstić information content (AvgIpc) is 2.42. The van der Waals surface area contributed by atoms with Crippen molar-refractivity contribution in [3.63, 3.8) is 0 Å². The number of ether oxygens (including phenoxy) is 1. The fourth-order valence-electron chi connectivity index (χ4n) is 1.52. The largest absolute Gasteiger partial charge is 0.487 e. The van der Waals surface area contributed by atoms with Crippen LogP contribution >= 0.6 is 0 Å². The number of nitrogens with one attached hydrogen (secondary N) is 1. The summed E-state index contributed by atoms with van der Waals surface area (Å²) in [5.74, 6) is 0.173. The highest BCUT2D eigenvalue weighted by molar-refractivity contribution is 5.68. The van der Waals surface area contributed by atoms with Crippen molar-refractivity contribution in [1.29, 1.82) is 0 Å². The van der Waals surface area contributed by atoms with Gasteiger partial charge in [0.25, 0.3) is 0 Å². The van der Waals surface area contributed by atoms with Gasteiger partial charge in [-0.1, -0.05) is 13.0 Å². The first-order valence-electron chi connectivity index (χ1n) is 6.02. The number of nitro groups is 1. The SMILES string of the molecule is CCCOc1cccc(NC(CO)CO)c1[N+](=O)[O-]. The molecular formula is C12H18N2O5. The Morgan fingerprint density at radius 3 is 2.63 bits per heavy atom. The molecule has 19 heavy (non-hydrogen) atoms. The summed E-state index contributed by atoms with van der Waals surface area (Å²) in [7, 11) is 0. The van der Waals surface area contributed by atoms with Crippen LogP contribution in [0, 0.1) is 10.1 Å². The molecule has 0 spiro atoms. The zero-order valence-corrected chi connectivity index (χ0v) is 10.7. The summed E-state index contributed by atoms with van der Waals surface area (Å²) in [6.07, 6.45) is 0.741. The maximum absolute atomic E-state index is 11.1. The number of hydrogen-bond donors (Lipinski definition) is 3. The fraction of sp³-hybridized carbons (Fsp3) is 0.500. The third kappa shape index (κ3) is 4.08. The zero-order chi connectivity index (χ0) is 14.3. The van der Waals surface area contributed by atoms with E-state index in [0.29, 0.717) is 6.61 Å². The van der Waals surface area contributed by atoms with Gasteiger partial charge in [-0.05, 0) is 18.6 Å². The number of aliphatic hydroxyl groups excluding tert-OH is 2. The molecule has 0 heterocycles. The molecule has 0 aliphatic carbocycles. The Balaban J connectivity index is 3.05. The number of benzene rings is 1. The summed E-state index contributed by atoms with van der Waals surface area (Å²) < 4.78 is 5.33. The van der Waals surface area contributed by atoms with Crippen LogP contribution in [0.3, 0.4) is 0 Å². The molecule has 0 aromatic heterocycles. The van der Waals surface area contributed by atoms with E-state index in [1.165, 1.54) is 12.1 Å². The lowest BCUT2D eigenvalue weighted by Gasteiger charge is -2.16.